The Morgan fingerprint density at radius 2 is 1.72 bits per heavy atom. The number of methoxy groups -OCH3 is 1. The second kappa shape index (κ2) is 8.19. The Labute approximate surface area is 146 Å². The van der Waals surface area contributed by atoms with Crippen LogP contribution in [0.25, 0.3) is 0 Å². The summed E-state index contributed by atoms with van der Waals surface area (Å²) in [6, 6.07) is 12.7. The van der Waals surface area contributed by atoms with Gasteiger partial charge in [-0.1, -0.05) is 36.4 Å². The Balaban J connectivity index is 2.13. The molecule has 2 aromatic rings. The predicted octanol–water partition coefficient (Wildman–Crippen LogP) is 2.23. The smallest absolute Gasteiger partial charge is 0.321 e. The lowest BCUT2D eigenvalue weighted by atomic mass is 9.97. The minimum atomic E-state index is -1.06. The van der Waals surface area contributed by atoms with Crippen LogP contribution in [0.3, 0.4) is 0 Å². The molecule has 0 aliphatic rings. The summed E-state index contributed by atoms with van der Waals surface area (Å²) >= 11 is 0. The molecule has 6 nitrogen and oxygen atoms in total. The zero-order valence-corrected chi connectivity index (χ0v) is 14.3. The van der Waals surface area contributed by atoms with Crippen LogP contribution < -0.4 is 11.5 Å². The van der Waals surface area contributed by atoms with Crippen molar-refractivity contribution in [1.29, 1.82) is 0 Å². The minimum absolute atomic E-state index is 0.0933. The first-order valence-electron chi connectivity index (χ1n) is 7.85. The van der Waals surface area contributed by atoms with Crippen LogP contribution in [0.15, 0.2) is 42.5 Å². The van der Waals surface area contributed by atoms with Crippen LogP contribution in [0.1, 0.15) is 16.7 Å². The second-order valence-electron chi connectivity index (χ2n) is 5.79. The van der Waals surface area contributed by atoms with Gasteiger partial charge in [0.15, 0.2) is 5.92 Å². The van der Waals surface area contributed by atoms with Gasteiger partial charge in [0.1, 0.15) is 6.61 Å². The van der Waals surface area contributed by atoms with Gasteiger partial charge in [-0.3, -0.25) is 9.59 Å². The molecule has 0 spiro atoms. The van der Waals surface area contributed by atoms with Crippen molar-refractivity contribution in [3.05, 3.63) is 59.2 Å². The number of rotatable bonds is 6. The third-order valence-electron chi connectivity index (χ3n) is 3.91. The summed E-state index contributed by atoms with van der Waals surface area (Å²) in [5.41, 5.74) is 14.9. The van der Waals surface area contributed by atoms with Crippen molar-refractivity contribution in [3.63, 3.8) is 0 Å². The average Bonchev–Trinajstić information content (AvgIpc) is 2.62. The summed E-state index contributed by atoms with van der Waals surface area (Å²) in [5.74, 6) is -2.34. The maximum atomic E-state index is 12.4. The van der Waals surface area contributed by atoms with Crippen molar-refractivity contribution in [2.24, 2.45) is 5.92 Å². The average molecular weight is 342 g/mol. The summed E-state index contributed by atoms with van der Waals surface area (Å²) in [6.07, 6.45) is 0.131. The summed E-state index contributed by atoms with van der Waals surface area (Å²) in [6.45, 7) is 1.91. The van der Waals surface area contributed by atoms with Gasteiger partial charge in [-0.05, 0) is 36.1 Å². The van der Waals surface area contributed by atoms with Gasteiger partial charge < -0.3 is 20.9 Å². The van der Waals surface area contributed by atoms with Crippen LogP contribution in [0, 0.1) is 12.8 Å². The number of hydrogen-bond donors (Lipinski definition) is 2. The number of carbonyl (C=O) groups is 2. The molecule has 0 aliphatic heterocycles. The first-order chi connectivity index (χ1) is 11.9. The van der Waals surface area contributed by atoms with Crippen LogP contribution in [0.2, 0.25) is 0 Å². The van der Waals surface area contributed by atoms with Crippen LogP contribution in [0.5, 0.6) is 0 Å². The molecule has 0 saturated carbocycles. The Morgan fingerprint density at radius 1 is 1.04 bits per heavy atom. The van der Waals surface area contributed by atoms with E-state index in [0.717, 1.165) is 16.7 Å². The maximum absolute atomic E-state index is 12.4. The molecule has 0 bridgehead atoms. The third kappa shape index (κ3) is 4.73. The molecule has 0 radical (unpaired) electrons. The topological polar surface area (TPSA) is 105 Å². The number of esters is 2. The molecule has 0 amide bonds. The zero-order chi connectivity index (χ0) is 18.4. The van der Waals surface area contributed by atoms with Gasteiger partial charge in [0.05, 0.1) is 18.5 Å². The molecular weight excluding hydrogens is 320 g/mol. The molecule has 0 aliphatic carbocycles. The Hall–Kier alpha value is -3.02. The molecule has 0 aromatic heterocycles. The Kier molecular flexibility index (Phi) is 6.00. The highest BCUT2D eigenvalue weighted by Crippen LogP contribution is 2.24. The zero-order valence-electron chi connectivity index (χ0n) is 14.3. The van der Waals surface area contributed by atoms with Gasteiger partial charge >= 0.3 is 11.9 Å². The minimum Gasteiger partial charge on any atom is -0.468 e. The number of aryl methyl sites for hydroxylation is 1. The first-order valence-corrected chi connectivity index (χ1v) is 7.85. The summed E-state index contributed by atoms with van der Waals surface area (Å²) < 4.78 is 10.0. The fraction of sp³-hybridized carbons (Fsp3) is 0.263. The van der Waals surface area contributed by atoms with E-state index in [1.165, 1.54) is 7.11 Å². The van der Waals surface area contributed by atoms with Gasteiger partial charge in [0.2, 0.25) is 0 Å². The van der Waals surface area contributed by atoms with Crippen LogP contribution >= 0.6 is 0 Å². The first kappa shape index (κ1) is 18.3. The summed E-state index contributed by atoms with van der Waals surface area (Å²) in [7, 11) is 1.24. The summed E-state index contributed by atoms with van der Waals surface area (Å²) in [5, 5.41) is 0. The van der Waals surface area contributed by atoms with Crippen molar-refractivity contribution >= 4 is 23.3 Å². The fourth-order valence-electron chi connectivity index (χ4n) is 2.49. The standard InChI is InChI=1S/C19H22N2O4/c1-12-8-14(10-16(20)17(12)21)9-15(18(22)24-2)19(23)25-11-13-6-4-3-5-7-13/h3-8,10,15H,9,11,20-21H2,1-2H3. The van der Waals surface area contributed by atoms with E-state index in [9.17, 15) is 9.59 Å². The lowest BCUT2D eigenvalue weighted by Crippen LogP contribution is -2.29. The van der Waals surface area contributed by atoms with Crippen molar-refractivity contribution in [3.8, 4) is 0 Å². The number of ether oxygens (including phenoxy) is 2. The van der Waals surface area contributed by atoms with E-state index in [1.807, 2.05) is 37.3 Å². The molecule has 0 fully saturated rings. The molecule has 2 rings (SSSR count). The van der Waals surface area contributed by atoms with Gasteiger partial charge in [-0.2, -0.15) is 0 Å². The van der Waals surface area contributed by atoms with Crippen LogP contribution in [-0.4, -0.2) is 19.0 Å². The highest BCUT2D eigenvalue weighted by molar-refractivity contribution is 5.95. The van der Waals surface area contributed by atoms with E-state index < -0.39 is 17.9 Å². The number of anilines is 2. The number of benzene rings is 2. The van der Waals surface area contributed by atoms with E-state index in [1.54, 1.807) is 12.1 Å². The molecule has 0 saturated heterocycles. The molecule has 1 unspecified atom stereocenters. The molecule has 25 heavy (non-hydrogen) atoms. The Bertz CT molecular complexity index is 736. The quantitative estimate of drug-likeness (QED) is 0.474. The van der Waals surface area contributed by atoms with E-state index in [4.69, 9.17) is 20.9 Å². The van der Waals surface area contributed by atoms with Crippen LogP contribution in [-0.2, 0) is 32.1 Å². The molecule has 0 heterocycles. The maximum Gasteiger partial charge on any atom is 0.321 e. The number of hydrogen-bond acceptors (Lipinski definition) is 6. The van der Waals surface area contributed by atoms with Crippen LogP contribution in [0.4, 0.5) is 11.4 Å². The largest absolute Gasteiger partial charge is 0.468 e. The van der Waals surface area contributed by atoms with E-state index in [0.29, 0.717) is 11.4 Å². The molecule has 132 valence electrons. The second-order valence-corrected chi connectivity index (χ2v) is 5.79. The predicted molar refractivity (Wildman–Crippen MR) is 95.5 cm³/mol. The van der Waals surface area contributed by atoms with Gasteiger partial charge in [0.25, 0.3) is 0 Å². The fourth-order valence-corrected chi connectivity index (χ4v) is 2.49. The number of nitrogens with two attached hydrogens (primary N) is 2. The lowest BCUT2D eigenvalue weighted by Gasteiger charge is -2.15. The SMILES string of the molecule is COC(=O)C(Cc1cc(C)c(N)c(N)c1)C(=O)OCc1ccccc1. The molecule has 4 N–H and O–H groups in total. The van der Waals surface area contributed by atoms with Gasteiger partial charge in [-0.25, -0.2) is 0 Å². The number of carbonyl (C=O) groups excluding carboxylic acids is 2. The molecule has 2 aromatic carbocycles. The van der Waals surface area contributed by atoms with Gasteiger partial charge in [-0.15, -0.1) is 0 Å². The van der Waals surface area contributed by atoms with Crippen molar-refractivity contribution in [1.82, 2.24) is 0 Å². The van der Waals surface area contributed by atoms with Crippen molar-refractivity contribution < 1.29 is 19.1 Å². The Morgan fingerprint density at radius 3 is 2.32 bits per heavy atom. The third-order valence-corrected chi connectivity index (χ3v) is 3.91. The molecule has 1 atom stereocenters. The van der Waals surface area contributed by atoms with Gasteiger partial charge in [0, 0.05) is 0 Å². The highest BCUT2D eigenvalue weighted by Gasteiger charge is 2.30. The molecular formula is C19H22N2O4. The van der Waals surface area contributed by atoms with Crippen molar-refractivity contribution in [2.45, 2.75) is 20.0 Å². The monoisotopic (exact) mass is 342 g/mol. The highest BCUT2D eigenvalue weighted by atomic mass is 16.5. The number of nitrogen functional groups attached to an aromatic ring is 2. The van der Waals surface area contributed by atoms with E-state index in [2.05, 4.69) is 0 Å². The normalized spacial score (nSPS) is 11.6. The molecule has 6 heteroatoms. The van der Waals surface area contributed by atoms with Crippen molar-refractivity contribution in [2.75, 3.05) is 18.6 Å². The summed E-state index contributed by atoms with van der Waals surface area (Å²) in [4.78, 5) is 24.4. The van der Waals surface area contributed by atoms with E-state index >= 15 is 0 Å². The lowest BCUT2D eigenvalue weighted by molar-refractivity contribution is -0.161. The van der Waals surface area contributed by atoms with E-state index in [-0.39, 0.29) is 13.0 Å².